The maximum atomic E-state index is 14.1. The highest BCUT2D eigenvalue weighted by Gasteiger charge is 2.20. The summed E-state index contributed by atoms with van der Waals surface area (Å²) >= 11 is 0. The van der Waals surface area contributed by atoms with E-state index >= 15 is 0 Å². The maximum absolute atomic E-state index is 14.1. The fourth-order valence-corrected chi connectivity index (χ4v) is 3.60. The van der Waals surface area contributed by atoms with Crippen molar-refractivity contribution in [3.8, 4) is 22.9 Å². The number of nitrogens with zero attached hydrogens (tertiary/aromatic N) is 5. The lowest BCUT2D eigenvalue weighted by molar-refractivity contribution is 0.112. The fraction of sp³-hybridized carbons (Fsp3) is 0.261. The van der Waals surface area contributed by atoms with Gasteiger partial charge in [0.25, 0.3) is 0 Å². The number of rotatable bonds is 10. The van der Waals surface area contributed by atoms with Gasteiger partial charge in [0.05, 0.1) is 30.6 Å². The van der Waals surface area contributed by atoms with Crippen molar-refractivity contribution in [1.82, 2.24) is 29.9 Å². The van der Waals surface area contributed by atoms with Crippen molar-refractivity contribution in [3.05, 3.63) is 53.7 Å². The zero-order valence-corrected chi connectivity index (χ0v) is 19.4. The third-order valence-electron chi connectivity index (χ3n) is 5.21. The van der Waals surface area contributed by atoms with Crippen molar-refractivity contribution < 1.29 is 18.7 Å². The number of ether oxygens (including phenoxy) is 2. The van der Waals surface area contributed by atoms with Crippen molar-refractivity contribution in [2.24, 2.45) is 0 Å². The van der Waals surface area contributed by atoms with Crippen molar-refractivity contribution in [2.45, 2.75) is 19.6 Å². The molecule has 0 saturated heterocycles. The molecule has 4 N–H and O–H groups in total. The van der Waals surface area contributed by atoms with Crippen LogP contribution in [0.4, 0.5) is 16.0 Å². The van der Waals surface area contributed by atoms with Crippen LogP contribution in [-0.4, -0.2) is 57.7 Å². The van der Waals surface area contributed by atoms with Crippen LogP contribution in [0.2, 0.25) is 0 Å². The average Bonchev–Trinajstić information content (AvgIpc) is 3.27. The Hall–Kier alpha value is -4.32. The third-order valence-corrected chi connectivity index (χ3v) is 5.21. The molecule has 35 heavy (non-hydrogen) atoms. The topological polar surface area (TPSA) is 142 Å². The van der Waals surface area contributed by atoms with Crippen LogP contribution >= 0.6 is 0 Å². The van der Waals surface area contributed by atoms with E-state index < -0.39 is 5.82 Å². The molecule has 4 aromatic rings. The first-order valence-corrected chi connectivity index (χ1v) is 10.8. The summed E-state index contributed by atoms with van der Waals surface area (Å²) in [6.45, 7) is 2.59. The molecule has 0 aromatic carbocycles. The number of likely N-dealkylation sites (N-methyl/N-ethyl adjacent to an activating group) is 1. The molecule has 11 nitrogen and oxygen atoms in total. The van der Waals surface area contributed by atoms with Crippen molar-refractivity contribution in [3.63, 3.8) is 0 Å². The quantitative estimate of drug-likeness (QED) is 0.290. The molecule has 4 heterocycles. The van der Waals surface area contributed by atoms with E-state index in [4.69, 9.17) is 15.2 Å². The number of nitrogens with two attached hydrogens (primary N) is 1. The van der Waals surface area contributed by atoms with Gasteiger partial charge >= 0.3 is 0 Å². The molecule has 0 spiro atoms. The van der Waals surface area contributed by atoms with Gasteiger partial charge in [-0.25, -0.2) is 19.3 Å². The molecule has 0 aliphatic carbocycles. The molecule has 0 fully saturated rings. The summed E-state index contributed by atoms with van der Waals surface area (Å²) < 4.78 is 26.6. The van der Waals surface area contributed by atoms with Gasteiger partial charge in [-0.15, -0.1) is 0 Å². The second-order valence-corrected chi connectivity index (χ2v) is 7.72. The molecule has 0 aliphatic heterocycles. The second kappa shape index (κ2) is 10.3. The average molecular weight is 481 g/mol. The van der Waals surface area contributed by atoms with Gasteiger partial charge in [-0.2, -0.15) is 9.61 Å². The normalized spacial score (nSPS) is 11.9. The highest BCUT2D eigenvalue weighted by atomic mass is 19.1. The Labute approximate surface area is 200 Å². The molecule has 4 rings (SSSR count). The fourth-order valence-electron chi connectivity index (χ4n) is 3.60. The van der Waals surface area contributed by atoms with E-state index in [0.717, 1.165) is 6.20 Å². The lowest BCUT2D eigenvalue weighted by Gasteiger charge is -2.18. The number of hydrogen-bond donors (Lipinski definition) is 3. The first-order chi connectivity index (χ1) is 16.9. The van der Waals surface area contributed by atoms with Crippen molar-refractivity contribution in [1.29, 1.82) is 0 Å². The Balaban J connectivity index is 1.78. The molecule has 12 heteroatoms. The second-order valence-electron chi connectivity index (χ2n) is 7.72. The summed E-state index contributed by atoms with van der Waals surface area (Å²) in [5.74, 6) is 0.767. The SMILES string of the molecule is CNCC(C)Oc1ncc(F)cc1CNc1nc2c(C=O)cnn2c(N)c1-c1ccnc(OC)c1. The number of methoxy groups -OCH3 is 1. The number of anilines is 2. The Kier molecular flexibility index (Phi) is 7.01. The number of hydrogen-bond acceptors (Lipinski definition) is 10. The predicted molar refractivity (Wildman–Crippen MR) is 128 cm³/mol. The van der Waals surface area contributed by atoms with Gasteiger partial charge in [0.1, 0.15) is 23.6 Å². The molecule has 4 aromatic heterocycles. The van der Waals surface area contributed by atoms with Crippen LogP contribution in [0.3, 0.4) is 0 Å². The van der Waals surface area contributed by atoms with E-state index in [0.29, 0.717) is 47.1 Å². The van der Waals surface area contributed by atoms with Crippen LogP contribution in [0, 0.1) is 5.82 Å². The summed E-state index contributed by atoms with van der Waals surface area (Å²) in [7, 11) is 3.32. The van der Waals surface area contributed by atoms with Crippen molar-refractivity contribution in [2.75, 3.05) is 31.8 Å². The number of nitrogen functional groups attached to an aromatic ring is 1. The van der Waals surface area contributed by atoms with Gasteiger partial charge < -0.3 is 25.8 Å². The van der Waals surface area contributed by atoms with Crippen molar-refractivity contribution >= 4 is 23.6 Å². The van der Waals surface area contributed by atoms with Gasteiger partial charge in [0, 0.05) is 30.9 Å². The zero-order valence-electron chi connectivity index (χ0n) is 19.4. The number of aldehydes is 1. The van der Waals surface area contributed by atoms with Gasteiger partial charge in [-0.3, -0.25) is 4.79 Å². The van der Waals surface area contributed by atoms with Crippen LogP contribution in [0.25, 0.3) is 16.8 Å². The van der Waals surface area contributed by atoms with E-state index in [1.165, 1.54) is 23.9 Å². The van der Waals surface area contributed by atoms with Gasteiger partial charge in [-0.05, 0) is 31.7 Å². The van der Waals surface area contributed by atoms with E-state index in [-0.39, 0.29) is 29.7 Å². The van der Waals surface area contributed by atoms with Gasteiger partial charge in [0.2, 0.25) is 11.8 Å². The first-order valence-electron chi connectivity index (χ1n) is 10.8. The van der Waals surface area contributed by atoms with Crippen LogP contribution in [-0.2, 0) is 6.54 Å². The number of nitrogens with one attached hydrogen (secondary N) is 2. The lowest BCUT2D eigenvalue weighted by Crippen LogP contribution is -2.27. The van der Waals surface area contributed by atoms with E-state index in [2.05, 4.69) is 30.7 Å². The van der Waals surface area contributed by atoms with E-state index in [1.54, 1.807) is 18.3 Å². The molecule has 0 aliphatic rings. The Morgan fingerprint density at radius 1 is 1.29 bits per heavy atom. The smallest absolute Gasteiger partial charge is 0.218 e. The standard InChI is InChI=1S/C23H25FN8O3/c1-13(8-26-2)35-23-15(6-17(24)11-29-23)9-28-21-19(14-4-5-27-18(7-14)34-3)20(25)32-22(31-21)16(12-33)10-30-32/h4-7,10-13,26H,8-9,25H2,1-3H3,(H,28,31). The minimum absolute atomic E-state index is 0.120. The summed E-state index contributed by atoms with van der Waals surface area (Å²) in [4.78, 5) is 24.4. The third kappa shape index (κ3) is 4.96. The Morgan fingerprint density at radius 2 is 2.11 bits per heavy atom. The number of carbonyl (C=O) groups is 1. The van der Waals surface area contributed by atoms with Crippen LogP contribution in [0.5, 0.6) is 11.8 Å². The molecular weight excluding hydrogens is 455 g/mol. The highest BCUT2D eigenvalue weighted by molar-refractivity contribution is 5.90. The van der Waals surface area contributed by atoms with Crippen LogP contribution in [0.15, 0.2) is 36.8 Å². The first kappa shape index (κ1) is 23.8. The van der Waals surface area contributed by atoms with Gasteiger partial charge in [0.15, 0.2) is 11.9 Å². The highest BCUT2D eigenvalue weighted by Crippen LogP contribution is 2.35. The molecule has 1 atom stereocenters. The lowest BCUT2D eigenvalue weighted by atomic mass is 10.1. The molecule has 1 unspecified atom stereocenters. The maximum Gasteiger partial charge on any atom is 0.218 e. The molecule has 0 saturated carbocycles. The zero-order chi connectivity index (χ0) is 24.9. The minimum Gasteiger partial charge on any atom is -0.481 e. The molecule has 0 amide bonds. The number of halogens is 1. The predicted octanol–water partition coefficient (Wildman–Crippen LogP) is 2.33. The summed E-state index contributed by atoms with van der Waals surface area (Å²) in [5.41, 5.74) is 8.67. The summed E-state index contributed by atoms with van der Waals surface area (Å²) in [6.07, 6.45) is 4.53. The molecule has 0 bridgehead atoms. The number of aromatic nitrogens is 5. The molecular formula is C23H25FN8O3. The summed E-state index contributed by atoms with van der Waals surface area (Å²) in [6, 6.07) is 4.79. The van der Waals surface area contributed by atoms with E-state index in [1.807, 2.05) is 14.0 Å². The van der Waals surface area contributed by atoms with Gasteiger partial charge in [-0.1, -0.05) is 0 Å². The van der Waals surface area contributed by atoms with E-state index in [9.17, 15) is 9.18 Å². The number of carbonyl (C=O) groups excluding carboxylic acids is 1. The summed E-state index contributed by atoms with van der Waals surface area (Å²) in [5, 5.41) is 10.4. The molecule has 182 valence electrons. The minimum atomic E-state index is -0.503. The largest absolute Gasteiger partial charge is 0.481 e. The monoisotopic (exact) mass is 480 g/mol. The molecule has 0 radical (unpaired) electrons. The van der Waals surface area contributed by atoms with Crippen LogP contribution < -0.4 is 25.8 Å². The van der Waals surface area contributed by atoms with Crippen LogP contribution in [0.1, 0.15) is 22.8 Å². The number of fused-ring (bicyclic) bond motifs is 1. The number of pyridine rings is 2. The Morgan fingerprint density at radius 3 is 2.86 bits per heavy atom. The Bertz CT molecular complexity index is 1360.